The smallest absolute Gasteiger partial charge is 0.265 e. The number of rotatable bonds is 4. The van der Waals surface area contributed by atoms with E-state index in [1.54, 1.807) is 18.2 Å². The summed E-state index contributed by atoms with van der Waals surface area (Å²) in [6.45, 7) is 0.852. The third-order valence-corrected chi connectivity index (χ3v) is 7.59. The van der Waals surface area contributed by atoms with Crippen LogP contribution in [0.3, 0.4) is 0 Å². The van der Waals surface area contributed by atoms with Gasteiger partial charge in [-0.2, -0.15) is 0 Å². The lowest BCUT2D eigenvalue weighted by Gasteiger charge is -2.10. The summed E-state index contributed by atoms with van der Waals surface area (Å²) in [6, 6.07) is 6.48. The van der Waals surface area contributed by atoms with E-state index >= 15 is 0 Å². The first-order valence-corrected chi connectivity index (χ1v) is 11.7. The monoisotopic (exact) mass is 456 g/mol. The lowest BCUT2D eigenvalue weighted by Crippen LogP contribution is -2.12. The van der Waals surface area contributed by atoms with Crippen LogP contribution in [0.25, 0.3) is 20.9 Å². The highest BCUT2D eigenvalue weighted by Crippen LogP contribution is 2.34. The second-order valence-corrected chi connectivity index (χ2v) is 9.76. The zero-order chi connectivity index (χ0) is 21.5. The van der Waals surface area contributed by atoms with Crippen molar-refractivity contribution in [3.8, 4) is 11.4 Å². The molecule has 0 fully saturated rings. The van der Waals surface area contributed by atoms with E-state index in [1.807, 2.05) is 19.0 Å². The van der Waals surface area contributed by atoms with Gasteiger partial charge in [-0.05, 0) is 37.1 Å². The Morgan fingerprint density at radius 2 is 2.03 bits per heavy atom. The van der Waals surface area contributed by atoms with Crippen LogP contribution in [0.15, 0.2) is 24.3 Å². The molecule has 0 unspecified atom stereocenters. The highest BCUT2D eigenvalue weighted by atomic mass is 32.1. The predicted octanol–water partition coefficient (Wildman–Crippen LogP) is 4.80. The summed E-state index contributed by atoms with van der Waals surface area (Å²) in [5.74, 6) is 0.840. The van der Waals surface area contributed by atoms with Gasteiger partial charge in [0.15, 0.2) is 11.0 Å². The number of fused-ring (bicyclic) bond motifs is 2. The lowest BCUT2D eigenvalue weighted by atomic mass is 10.1. The van der Waals surface area contributed by atoms with E-state index in [-0.39, 0.29) is 11.6 Å². The maximum Gasteiger partial charge on any atom is 0.265 e. The molecule has 0 radical (unpaired) electrons. The molecule has 0 spiro atoms. The van der Waals surface area contributed by atoms with E-state index in [0.29, 0.717) is 10.7 Å². The third kappa shape index (κ3) is 3.81. The molecule has 7 nitrogen and oxygen atoms in total. The maximum atomic E-state index is 14.5. The number of hydrogen-bond acceptors (Lipinski definition) is 7. The van der Waals surface area contributed by atoms with Crippen molar-refractivity contribution in [1.82, 2.24) is 19.7 Å². The SMILES string of the molecule is CN(C)c1nc2sc(C(=O)Nc3cc(-c4nnc5n4CCCCC5)ccc3F)cc2s1. The van der Waals surface area contributed by atoms with Gasteiger partial charge in [0.25, 0.3) is 5.91 Å². The van der Waals surface area contributed by atoms with Crippen LogP contribution in [0.5, 0.6) is 0 Å². The molecule has 5 rings (SSSR count). The van der Waals surface area contributed by atoms with Gasteiger partial charge in [0, 0.05) is 32.6 Å². The van der Waals surface area contributed by atoms with Crippen LogP contribution in [0.1, 0.15) is 34.8 Å². The van der Waals surface area contributed by atoms with Gasteiger partial charge in [-0.25, -0.2) is 9.37 Å². The van der Waals surface area contributed by atoms with Crippen LogP contribution in [-0.2, 0) is 13.0 Å². The molecule has 160 valence electrons. The highest BCUT2D eigenvalue weighted by Gasteiger charge is 2.19. The minimum atomic E-state index is -0.487. The van der Waals surface area contributed by atoms with Crippen molar-refractivity contribution in [2.45, 2.75) is 32.2 Å². The third-order valence-electron chi connectivity index (χ3n) is 5.27. The number of aryl methyl sites for hydroxylation is 1. The second kappa shape index (κ2) is 8.01. The minimum absolute atomic E-state index is 0.132. The van der Waals surface area contributed by atoms with Gasteiger partial charge in [-0.15, -0.1) is 21.5 Å². The van der Waals surface area contributed by atoms with Crippen LogP contribution in [0.4, 0.5) is 15.2 Å². The number of carbonyl (C=O) groups excluding carboxylic acids is 1. The number of amides is 1. The fourth-order valence-electron chi connectivity index (χ4n) is 3.67. The second-order valence-electron chi connectivity index (χ2n) is 7.72. The molecule has 0 bridgehead atoms. The van der Waals surface area contributed by atoms with Crippen molar-refractivity contribution in [2.24, 2.45) is 0 Å². The molecule has 1 aliphatic rings. The van der Waals surface area contributed by atoms with E-state index in [0.717, 1.165) is 58.3 Å². The van der Waals surface area contributed by atoms with Crippen LogP contribution in [0, 0.1) is 5.82 Å². The topological polar surface area (TPSA) is 75.9 Å². The van der Waals surface area contributed by atoms with Crippen molar-refractivity contribution in [1.29, 1.82) is 0 Å². The molecule has 0 aliphatic carbocycles. The Balaban J connectivity index is 1.41. The van der Waals surface area contributed by atoms with E-state index in [1.165, 1.54) is 28.7 Å². The Kier molecular flexibility index (Phi) is 5.19. The van der Waals surface area contributed by atoms with Crippen molar-refractivity contribution in [2.75, 3.05) is 24.3 Å². The summed E-state index contributed by atoms with van der Waals surface area (Å²) in [5.41, 5.74) is 0.869. The van der Waals surface area contributed by atoms with Gasteiger partial charge in [-0.3, -0.25) is 4.79 Å². The van der Waals surface area contributed by atoms with Crippen LogP contribution < -0.4 is 10.2 Å². The summed E-state index contributed by atoms with van der Waals surface area (Å²) >= 11 is 2.82. The van der Waals surface area contributed by atoms with Crippen molar-refractivity contribution < 1.29 is 9.18 Å². The van der Waals surface area contributed by atoms with Crippen molar-refractivity contribution in [3.63, 3.8) is 0 Å². The molecule has 1 amide bonds. The number of hydrogen-bond donors (Lipinski definition) is 1. The Morgan fingerprint density at radius 3 is 2.84 bits per heavy atom. The summed E-state index contributed by atoms with van der Waals surface area (Å²) < 4.78 is 17.6. The van der Waals surface area contributed by atoms with Gasteiger partial charge in [0.05, 0.1) is 15.3 Å². The van der Waals surface area contributed by atoms with Crippen LogP contribution in [0.2, 0.25) is 0 Å². The molecule has 10 heteroatoms. The number of aromatic nitrogens is 4. The number of nitrogens with zero attached hydrogens (tertiary/aromatic N) is 5. The Hall–Kier alpha value is -2.85. The minimum Gasteiger partial charge on any atom is -0.354 e. The molecule has 0 saturated carbocycles. The first kappa shape index (κ1) is 20.1. The average molecular weight is 457 g/mol. The summed E-state index contributed by atoms with van der Waals surface area (Å²) in [7, 11) is 3.86. The number of nitrogens with one attached hydrogen (secondary N) is 1. The molecule has 3 aromatic heterocycles. The van der Waals surface area contributed by atoms with E-state index in [4.69, 9.17) is 0 Å². The van der Waals surface area contributed by atoms with E-state index in [2.05, 4.69) is 25.1 Å². The van der Waals surface area contributed by atoms with Gasteiger partial charge in [0.1, 0.15) is 16.5 Å². The van der Waals surface area contributed by atoms with E-state index in [9.17, 15) is 9.18 Å². The van der Waals surface area contributed by atoms with Crippen molar-refractivity contribution in [3.05, 3.63) is 40.8 Å². The molecule has 0 atom stereocenters. The molecule has 31 heavy (non-hydrogen) atoms. The maximum absolute atomic E-state index is 14.5. The van der Waals surface area contributed by atoms with Crippen molar-refractivity contribution >= 4 is 48.9 Å². The fourth-order valence-corrected chi connectivity index (χ4v) is 5.70. The number of anilines is 2. The molecule has 1 aliphatic heterocycles. The number of carbonyl (C=O) groups is 1. The largest absolute Gasteiger partial charge is 0.354 e. The van der Waals surface area contributed by atoms with E-state index < -0.39 is 5.82 Å². The molecule has 1 aromatic carbocycles. The molecular weight excluding hydrogens is 435 g/mol. The van der Waals surface area contributed by atoms with Gasteiger partial charge < -0.3 is 14.8 Å². The standard InChI is InChI=1S/C21H21FN6OS2/c1-27(2)21-24-20-16(31-21)11-15(30-20)19(29)23-14-10-12(7-8-13(14)22)18-26-25-17-6-4-3-5-9-28(17)18/h7-8,10-11H,3-6,9H2,1-2H3,(H,23,29). The summed E-state index contributed by atoms with van der Waals surface area (Å²) in [4.78, 5) is 20.6. The van der Waals surface area contributed by atoms with Gasteiger partial charge in [0.2, 0.25) is 0 Å². The summed E-state index contributed by atoms with van der Waals surface area (Å²) in [6.07, 6.45) is 4.24. The zero-order valence-electron chi connectivity index (χ0n) is 17.2. The Labute approximate surface area is 186 Å². The number of thiophene rings is 1. The highest BCUT2D eigenvalue weighted by molar-refractivity contribution is 7.29. The predicted molar refractivity (Wildman–Crippen MR) is 123 cm³/mol. The van der Waals surface area contributed by atoms with Crippen LogP contribution >= 0.6 is 22.7 Å². The Bertz CT molecular complexity index is 1240. The average Bonchev–Trinajstić information content (AvgIpc) is 3.39. The fraction of sp³-hybridized carbons (Fsp3) is 0.333. The normalized spacial score (nSPS) is 13.8. The first-order chi connectivity index (χ1) is 15.0. The zero-order valence-corrected chi connectivity index (χ0v) is 18.8. The quantitative estimate of drug-likeness (QED) is 0.477. The van der Waals surface area contributed by atoms with Gasteiger partial charge in [-0.1, -0.05) is 17.8 Å². The number of benzene rings is 1. The molecular formula is C21H21FN6OS2. The first-order valence-electron chi connectivity index (χ1n) is 10.1. The Morgan fingerprint density at radius 1 is 1.16 bits per heavy atom. The molecule has 4 aromatic rings. The summed E-state index contributed by atoms with van der Waals surface area (Å²) in [5, 5.41) is 12.3. The molecule has 0 saturated heterocycles. The number of thiazole rings is 1. The lowest BCUT2D eigenvalue weighted by molar-refractivity contribution is 0.103. The molecule has 4 heterocycles. The van der Waals surface area contributed by atoms with Gasteiger partial charge >= 0.3 is 0 Å². The molecule has 1 N–H and O–H groups in total. The van der Waals surface area contributed by atoms with Crippen LogP contribution in [-0.4, -0.2) is 39.8 Å². The number of halogens is 1.